The van der Waals surface area contributed by atoms with Gasteiger partial charge in [0, 0.05) is 12.0 Å². The minimum Gasteiger partial charge on any atom is -0.388 e. The van der Waals surface area contributed by atoms with Crippen LogP contribution in [0.2, 0.25) is 0 Å². The highest BCUT2D eigenvalue weighted by atomic mass is 19.1. The lowest BCUT2D eigenvalue weighted by molar-refractivity contribution is -0.125. The SMILES string of the molecule is CC(CC(O)c1ccc(F)cc1)NC(=O)C(C)Cc1ccccc1. The summed E-state index contributed by atoms with van der Waals surface area (Å²) in [6.45, 7) is 3.76. The number of rotatable bonds is 7. The van der Waals surface area contributed by atoms with E-state index in [0.29, 0.717) is 18.4 Å². The molecule has 0 aliphatic rings. The van der Waals surface area contributed by atoms with Crippen molar-refractivity contribution in [3.63, 3.8) is 0 Å². The van der Waals surface area contributed by atoms with Gasteiger partial charge in [-0.2, -0.15) is 0 Å². The van der Waals surface area contributed by atoms with Crippen LogP contribution in [0.1, 0.15) is 37.5 Å². The van der Waals surface area contributed by atoms with Crippen molar-refractivity contribution in [2.75, 3.05) is 0 Å². The molecular weight excluding hydrogens is 305 g/mol. The molecule has 1 amide bonds. The Morgan fingerprint density at radius 3 is 2.33 bits per heavy atom. The van der Waals surface area contributed by atoms with Gasteiger partial charge >= 0.3 is 0 Å². The Balaban J connectivity index is 1.83. The van der Waals surface area contributed by atoms with Crippen LogP contribution in [-0.2, 0) is 11.2 Å². The van der Waals surface area contributed by atoms with Crippen molar-refractivity contribution in [1.82, 2.24) is 5.32 Å². The van der Waals surface area contributed by atoms with Crippen molar-refractivity contribution >= 4 is 5.91 Å². The molecule has 0 spiro atoms. The predicted octanol–water partition coefficient (Wildman–Crippen LogP) is 3.63. The van der Waals surface area contributed by atoms with E-state index in [1.54, 1.807) is 12.1 Å². The molecule has 0 heterocycles. The first kappa shape index (κ1) is 18.1. The van der Waals surface area contributed by atoms with Crippen LogP contribution in [0.25, 0.3) is 0 Å². The van der Waals surface area contributed by atoms with Gasteiger partial charge in [-0.15, -0.1) is 0 Å². The number of hydrogen-bond donors (Lipinski definition) is 2. The van der Waals surface area contributed by atoms with Crippen molar-refractivity contribution in [2.24, 2.45) is 5.92 Å². The van der Waals surface area contributed by atoms with Crippen LogP contribution in [0.5, 0.6) is 0 Å². The molecule has 24 heavy (non-hydrogen) atoms. The Kier molecular flexibility index (Phi) is 6.50. The van der Waals surface area contributed by atoms with E-state index in [0.717, 1.165) is 5.56 Å². The molecule has 4 heteroatoms. The lowest BCUT2D eigenvalue weighted by Gasteiger charge is -2.20. The third kappa shape index (κ3) is 5.46. The maximum Gasteiger partial charge on any atom is 0.223 e. The number of carbonyl (C=O) groups excluding carboxylic acids is 1. The largest absolute Gasteiger partial charge is 0.388 e. The van der Waals surface area contributed by atoms with E-state index >= 15 is 0 Å². The van der Waals surface area contributed by atoms with E-state index in [1.165, 1.54) is 12.1 Å². The number of aliphatic hydroxyl groups excluding tert-OH is 1. The molecule has 3 unspecified atom stereocenters. The standard InChI is InChI=1S/C20H24FNO2/c1-14(12-16-6-4-3-5-7-16)20(24)22-15(2)13-19(23)17-8-10-18(21)11-9-17/h3-11,14-15,19,23H,12-13H2,1-2H3,(H,22,24). The average molecular weight is 329 g/mol. The van der Waals surface area contributed by atoms with Gasteiger partial charge in [-0.25, -0.2) is 4.39 Å². The highest BCUT2D eigenvalue weighted by Gasteiger charge is 2.18. The number of nitrogens with one attached hydrogen (secondary N) is 1. The van der Waals surface area contributed by atoms with Crippen molar-refractivity contribution in [3.8, 4) is 0 Å². The summed E-state index contributed by atoms with van der Waals surface area (Å²) < 4.78 is 12.9. The zero-order valence-corrected chi connectivity index (χ0v) is 14.1. The maximum atomic E-state index is 12.9. The van der Waals surface area contributed by atoms with E-state index in [2.05, 4.69) is 5.32 Å². The lowest BCUT2D eigenvalue weighted by Crippen LogP contribution is -2.37. The highest BCUT2D eigenvalue weighted by Crippen LogP contribution is 2.19. The summed E-state index contributed by atoms with van der Waals surface area (Å²) in [5.74, 6) is -0.502. The summed E-state index contributed by atoms with van der Waals surface area (Å²) >= 11 is 0. The molecule has 0 aliphatic heterocycles. The predicted molar refractivity (Wildman–Crippen MR) is 92.9 cm³/mol. The monoisotopic (exact) mass is 329 g/mol. The average Bonchev–Trinajstić information content (AvgIpc) is 2.56. The fraction of sp³-hybridized carbons (Fsp3) is 0.350. The first-order valence-electron chi connectivity index (χ1n) is 8.23. The van der Waals surface area contributed by atoms with Gasteiger partial charge in [-0.05, 0) is 43.0 Å². The van der Waals surface area contributed by atoms with Gasteiger partial charge in [0.25, 0.3) is 0 Å². The summed E-state index contributed by atoms with van der Waals surface area (Å²) in [6.07, 6.45) is 0.334. The Morgan fingerprint density at radius 1 is 1.08 bits per heavy atom. The Morgan fingerprint density at radius 2 is 1.71 bits per heavy atom. The molecule has 0 radical (unpaired) electrons. The third-order valence-corrected chi connectivity index (χ3v) is 4.05. The second kappa shape index (κ2) is 8.60. The minimum absolute atomic E-state index is 0.0299. The van der Waals surface area contributed by atoms with Crippen molar-refractivity contribution in [3.05, 3.63) is 71.5 Å². The van der Waals surface area contributed by atoms with E-state index in [9.17, 15) is 14.3 Å². The summed E-state index contributed by atoms with van der Waals surface area (Å²) in [6, 6.07) is 15.5. The Bertz CT molecular complexity index is 642. The molecule has 2 aromatic carbocycles. The molecule has 0 saturated carbocycles. The smallest absolute Gasteiger partial charge is 0.223 e. The number of carbonyl (C=O) groups is 1. The zero-order valence-electron chi connectivity index (χ0n) is 14.1. The molecule has 3 atom stereocenters. The topological polar surface area (TPSA) is 49.3 Å². The van der Waals surface area contributed by atoms with Gasteiger partial charge in [0.2, 0.25) is 5.91 Å². The summed E-state index contributed by atoms with van der Waals surface area (Å²) in [7, 11) is 0. The second-order valence-corrected chi connectivity index (χ2v) is 6.30. The van der Waals surface area contributed by atoms with Crippen molar-refractivity contribution in [1.29, 1.82) is 0 Å². The van der Waals surface area contributed by atoms with Gasteiger partial charge < -0.3 is 10.4 Å². The second-order valence-electron chi connectivity index (χ2n) is 6.30. The first-order chi connectivity index (χ1) is 11.5. The van der Waals surface area contributed by atoms with Crippen molar-refractivity contribution < 1.29 is 14.3 Å². The molecule has 2 aromatic rings. The van der Waals surface area contributed by atoms with Gasteiger partial charge in [0.15, 0.2) is 0 Å². The van der Waals surface area contributed by atoms with Crippen LogP contribution < -0.4 is 5.32 Å². The zero-order chi connectivity index (χ0) is 17.5. The number of aliphatic hydroxyl groups is 1. The highest BCUT2D eigenvalue weighted by molar-refractivity contribution is 5.78. The van der Waals surface area contributed by atoms with Gasteiger partial charge in [-0.3, -0.25) is 4.79 Å². The number of amides is 1. The lowest BCUT2D eigenvalue weighted by atomic mass is 9.99. The first-order valence-corrected chi connectivity index (χ1v) is 8.23. The Hall–Kier alpha value is -2.20. The summed E-state index contributed by atoms with van der Waals surface area (Å²) in [4.78, 5) is 12.3. The van der Waals surface area contributed by atoms with E-state index in [4.69, 9.17) is 0 Å². The molecule has 128 valence electrons. The maximum absolute atomic E-state index is 12.9. The fourth-order valence-corrected chi connectivity index (χ4v) is 2.66. The molecule has 2 N–H and O–H groups in total. The molecular formula is C20H24FNO2. The Labute approximate surface area is 142 Å². The normalized spacial score (nSPS) is 14.7. The van der Waals surface area contributed by atoms with E-state index in [-0.39, 0.29) is 23.7 Å². The van der Waals surface area contributed by atoms with Gasteiger partial charge in [0.1, 0.15) is 5.82 Å². The van der Waals surface area contributed by atoms with Gasteiger partial charge in [0.05, 0.1) is 6.10 Å². The molecule has 0 bridgehead atoms. The van der Waals surface area contributed by atoms with Crippen LogP contribution >= 0.6 is 0 Å². The van der Waals surface area contributed by atoms with E-state index < -0.39 is 6.10 Å². The quantitative estimate of drug-likeness (QED) is 0.815. The number of halogens is 1. The van der Waals surface area contributed by atoms with Crippen LogP contribution in [0.3, 0.4) is 0 Å². The summed E-state index contributed by atoms with van der Waals surface area (Å²) in [5, 5.41) is 13.1. The molecule has 3 nitrogen and oxygen atoms in total. The number of benzene rings is 2. The third-order valence-electron chi connectivity index (χ3n) is 4.05. The molecule has 0 aliphatic carbocycles. The van der Waals surface area contributed by atoms with Crippen LogP contribution in [-0.4, -0.2) is 17.1 Å². The van der Waals surface area contributed by atoms with Crippen molar-refractivity contribution in [2.45, 2.75) is 38.8 Å². The number of hydrogen-bond acceptors (Lipinski definition) is 2. The molecule has 0 fully saturated rings. The molecule has 0 saturated heterocycles. The van der Waals surface area contributed by atoms with Gasteiger partial charge in [-0.1, -0.05) is 49.4 Å². The molecule has 2 rings (SSSR count). The summed E-state index contributed by atoms with van der Waals surface area (Å²) in [5.41, 5.74) is 1.77. The molecule has 0 aromatic heterocycles. The van der Waals surface area contributed by atoms with Crippen LogP contribution in [0, 0.1) is 11.7 Å². The van der Waals surface area contributed by atoms with Crippen LogP contribution in [0.15, 0.2) is 54.6 Å². The fourth-order valence-electron chi connectivity index (χ4n) is 2.66. The minimum atomic E-state index is -0.731. The van der Waals surface area contributed by atoms with E-state index in [1.807, 2.05) is 44.2 Å². The van der Waals surface area contributed by atoms with Crippen LogP contribution in [0.4, 0.5) is 4.39 Å².